The molecule has 2 rings (SSSR count). The van der Waals surface area contributed by atoms with Gasteiger partial charge < -0.3 is 14.8 Å². The van der Waals surface area contributed by atoms with Crippen LogP contribution in [-0.2, 0) is 4.74 Å². The van der Waals surface area contributed by atoms with Crippen molar-refractivity contribution in [2.45, 2.75) is 64.7 Å². The van der Waals surface area contributed by atoms with Crippen LogP contribution in [0.3, 0.4) is 0 Å². The second kappa shape index (κ2) is 7.26. The number of hydrogen-bond donors (Lipinski definition) is 1. The molecule has 1 saturated carbocycles. The average Bonchev–Trinajstić information content (AvgIpc) is 2.78. The fraction of sp³-hybridized carbons (Fsp3) is 0.625. The standard InChI is InChI=1S/C16H22BrClN2O3/c1-9-7-12(18)13(14(17)19-9)22-11-6-5-10(8-11)20-15(21)23-16(2,3)4/h7,10-11H,5-6,8H2,1-4H3,(H,20,21)/t10-,11+/m0/s1. The predicted molar refractivity (Wildman–Crippen MR) is 93.1 cm³/mol. The first-order valence-corrected chi connectivity index (χ1v) is 8.80. The highest BCUT2D eigenvalue weighted by molar-refractivity contribution is 9.10. The molecule has 5 nitrogen and oxygen atoms in total. The molecule has 0 saturated heterocycles. The van der Waals surface area contributed by atoms with Gasteiger partial charge in [-0.1, -0.05) is 11.6 Å². The van der Waals surface area contributed by atoms with Crippen molar-refractivity contribution >= 4 is 33.6 Å². The number of ether oxygens (including phenoxy) is 2. The third kappa shape index (κ3) is 5.53. The smallest absolute Gasteiger partial charge is 0.407 e. The van der Waals surface area contributed by atoms with E-state index in [0.717, 1.165) is 25.0 Å². The quantitative estimate of drug-likeness (QED) is 0.745. The van der Waals surface area contributed by atoms with Gasteiger partial charge in [0.25, 0.3) is 0 Å². The third-order valence-electron chi connectivity index (χ3n) is 3.40. The predicted octanol–water partition coefficient (Wildman–Crippen LogP) is 4.63. The molecule has 1 N–H and O–H groups in total. The van der Waals surface area contributed by atoms with E-state index in [2.05, 4.69) is 26.2 Å². The molecular formula is C16H22BrClN2O3. The molecule has 1 fully saturated rings. The largest absolute Gasteiger partial charge is 0.486 e. The molecule has 1 aromatic heterocycles. The van der Waals surface area contributed by atoms with Crippen LogP contribution in [0.2, 0.25) is 5.02 Å². The molecule has 1 aliphatic carbocycles. The Morgan fingerprint density at radius 2 is 2.13 bits per heavy atom. The van der Waals surface area contributed by atoms with Gasteiger partial charge in [0.05, 0.1) is 5.02 Å². The van der Waals surface area contributed by atoms with E-state index >= 15 is 0 Å². The normalized spacial score (nSPS) is 21.1. The van der Waals surface area contributed by atoms with Crippen molar-refractivity contribution < 1.29 is 14.3 Å². The summed E-state index contributed by atoms with van der Waals surface area (Å²) in [5, 5.41) is 3.42. The minimum Gasteiger partial charge on any atom is -0.486 e. The van der Waals surface area contributed by atoms with Crippen LogP contribution in [0.25, 0.3) is 0 Å². The van der Waals surface area contributed by atoms with Crippen molar-refractivity contribution in [1.82, 2.24) is 10.3 Å². The van der Waals surface area contributed by atoms with Crippen LogP contribution in [0.4, 0.5) is 4.79 Å². The number of rotatable bonds is 3. The van der Waals surface area contributed by atoms with Gasteiger partial charge in [-0.15, -0.1) is 0 Å². The van der Waals surface area contributed by atoms with E-state index in [1.807, 2.05) is 27.7 Å². The average molecular weight is 406 g/mol. The molecule has 0 bridgehead atoms. The molecule has 0 aliphatic heterocycles. The van der Waals surface area contributed by atoms with Crippen LogP contribution in [0.1, 0.15) is 45.7 Å². The number of halogens is 2. The Morgan fingerprint density at radius 3 is 2.74 bits per heavy atom. The van der Waals surface area contributed by atoms with Crippen LogP contribution in [-0.4, -0.2) is 28.8 Å². The number of nitrogens with zero attached hydrogens (tertiary/aromatic N) is 1. The van der Waals surface area contributed by atoms with Crippen molar-refractivity contribution in [3.63, 3.8) is 0 Å². The van der Waals surface area contributed by atoms with Crippen molar-refractivity contribution in [2.24, 2.45) is 0 Å². The Hall–Kier alpha value is -1.01. The lowest BCUT2D eigenvalue weighted by Crippen LogP contribution is -2.38. The van der Waals surface area contributed by atoms with Gasteiger partial charge in [-0.2, -0.15) is 0 Å². The van der Waals surface area contributed by atoms with Crippen LogP contribution < -0.4 is 10.1 Å². The SMILES string of the molecule is Cc1cc(Cl)c(O[C@@H]2CC[C@H](NC(=O)OC(C)(C)C)C2)c(Br)n1. The Balaban J connectivity index is 1.90. The van der Waals surface area contributed by atoms with E-state index < -0.39 is 5.60 Å². The van der Waals surface area contributed by atoms with E-state index in [1.54, 1.807) is 6.07 Å². The summed E-state index contributed by atoms with van der Waals surface area (Å²) in [6.07, 6.45) is 2.01. The Morgan fingerprint density at radius 1 is 1.43 bits per heavy atom. The second-order valence-corrected chi connectivity index (χ2v) is 7.92. The van der Waals surface area contributed by atoms with Crippen LogP contribution in [0.15, 0.2) is 10.7 Å². The van der Waals surface area contributed by atoms with Gasteiger partial charge in [-0.05, 0) is 62.5 Å². The number of carbonyl (C=O) groups excluding carboxylic acids is 1. The zero-order chi connectivity index (χ0) is 17.2. The summed E-state index contributed by atoms with van der Waals surface area (Å²) in [6, 6.07) is 1.82. The highest BCUT2D eigenvalue weighted by Gasteiger charge is 2.30. The lowest BCUT2D eigenvalue weighted by atomic mass is 10.2. The number of amides is 1. The first-order chi connectivity index (χ1) is 10.6. The Bertz CT molecular complexity index is 566. The van der Waals surface area contributed by atoms with Gasteiger partial charge in [-0.3, -0.25) is 0 Å². The summed E-state index contributed by atoms with van der Waals surface area (Å²) >= 11 is 9.61. The van der Waals surface area contributed by atoms with Gasteiger partial charge in [0.1, 0.15) is 16.3 Å². The Kier molecular flexibility index (Phi) is 5.79. The maximum Gasteiger partial charge on any atom is 0.407 e. The summed E-state index contributed by atoms with van der Waals surface area (Å²) in [7, 11) is 0. The van der Waals surface area contributed by atoms with Gasteiger partial charge in [0.15, 0.2) is 5.75 Å². The highest BCUT2D eigenvalue weighted by Crippen LogP contribution is 2.35. The molecule has 0 unspecified atom stereocenters. The summed E-state index contributed by atoms with van der Waals surface area (Å²) in [6.45, 7) is 7.40. The van der Waals surface area contributed by atoms with Gasteiger partial charge in [-0.25, -0.2) is 9.78 Å². The molecule has 0 aromatic carbocycles. The summed E-state index contributed by atoms with van der Waals surface area (Å²) in [4.78, 5) is 16.1. The van der Waals surface area contributed by atoms with Gasteiger partial charge >= 0.3 is 6.09 Å². The van der Waals surface area contributed by atoms with Gasteiger partial charge in [0, 0.05) is 18.2 Å². The summed E-state index contributed by atoms with van der Waals surface area (Å²) in [5.74, 6) is 0.556. The number of hydrogen-bond acceptors (Lipinski definition) is 4. The van der Waals surface area contributed by atoms with E-state index in [0.29, 0.717) is 15.4 Å². The van der Waals surface area contributed by atoms with Gasteiger partial charge in [0.2, 0.25) is 0 Å². The number of nitrogens with one attached hydrogen (secondary N) is 1. The molecule has 0 radical (unpaired) electrons. The molecule has 1 amide bonds. The molecule has 23 heavy (non-hydrogen) atoms. The van der Waals surface area contributed by atoms with Crippen LogP contribution in [0, 0.1) is 6.92 Å². The zero-order valence-electron chi connectivity index (χ0n) is 13.8. The molecule has 128 valence electrons. The lowest BCUT2D eigenvalue weighted by molar-refractivity contribution is 0.0503. The van der Waals surface area contributed by atoms with E-state index in [4.69, 9.17) is 21.1 Å². The van der Waals surface area contributed by atoms with Crippen molar-refractivity contribution in [2.75, 3.05) is 0 Å². The van der Waals surface area contributed by atoms with E-state index in [9.17, 15) is 4.79 Å². The number of pyridine rings is 1. The molecule has 2 atom stereocenters. The fourth-order valence-electron chi connectivity index (χ4n) is 2.51. The highest BCUT2D eigenvalue weighted by atomic mass is 79.9. The monoisotopic (exact) mass is 404 g/mol. The number of aromatic nitrogens is 1. The number of alkyl carbamates (subject to hydrolysis) is 1. The van der Waals surface area contributed by atoms with E-state index in [1.165, 1.54) is 0 Å². The molecule has 7 heteroatoms. The third-order valence-corrected chi connectivity index (χ3v) is 4.22. The number of carbonyl (C=O) groups is 1. The maximum atomic E-state index is 11.8. The van der Waals surface area contributed by atoms with Crippen molar-refractivity contribution in [1.29, 1.82) is 0 Å². The molecular weight excluding hydrogens is 384 g/mol. The summed E-state index contributed by atoms with van der Waals surface area (Å²) < 4.78 is 11.8. The summed E-state index contributed by atoms with van der Waals surface area (Å²) in [5.41, 5.74) is 0.329. The van der Waals surface area contributed by atoms with Crippen molar-refractivity contribution in [3.8, 4) is 5.75 Å². The minimum atomic E-state index is -0.495. The maximum absolute atomic E-state index is 11.8. The fourth-order valence-corrected chi connectivity index (χ4v) is 3.50. The first-order valence-electron chi connectivity index (χ1n) is 7.63. The lowest BCUT2D eigenvalue weighted by Gasteiger charge is -2.22. The zero-order valence-corrected chi connectivity index (χ0v) is 16.1. The molecule has 0 spiro atoms. The van der Waals surface area contributed by atoms with Crippen molar-refractivity contribution in [3.05, 3.63) is 21.4 Å². The van der Waals surface area contributed by atoms with Crippen LogP contribution >= 0.6 is 27.5 Å². The van der Waals surface area contributed by atoms with Crippen LogP contribution in [0.5, 0.6) is 5.75 Å². The topological polar surface area (TPSA) is 60.5 Å². The number of aryl methyl sites for hydroxylation is 1. The second-order valence-electron chi connectivity index (χ2n) is 6.76. The first kappa shape index (κ1) is 18.3. The molecule has 1 aliphatic rings. The Labute approximate surface area is 150 Å². The molecule has 1 aromatic rings. The minimum absolute atomic E-state index is 0.00626. The molecule has 1 heterocycles. The van der Waals surface area contributed by atoms with E-state index in [-0.39, 0.29) is 18.2 Å².